The molecule has 196 valence electrons. The van der Waals surface area contributed by atoms with Crippen LogP contribution in [-0.2, 0) is 15.7 Å². The fourth-order valence-corrected chi connectivity index (χ4v) is 5.45. The normalized spacial score (nSPS) is 20.5. The molecular formula is C24H26F3N7O3. The second-order valence-corrected chi connectivity index (χ2v) is 9.89. The van der Waals surface area contributed by atoms with Crippen LogP contribution in [-0.4, -0.2) is 78.0 Å². The molecule has 10 nitrogen and oxygen atoms in total. The largest absolute Gasteiger partial charge is 0.423 e. The van der Waals surface area contributed by atoms with E-state index in [1.807, 2.05) is 17.2 Å². The number of nitrogens with zero attached hydrogens (tertiary/aromatic N) is 6. The number of nitriles is 1. The molecule has 0 radical (unpaired) electrons. The van der Waals surface area contributed by atoms with Crippen LogP contribution in [0.3, 0.4) is 0 Å². The Morgan fingerprint density at radius 2 is 2.03 bits per heavy atom. The summed E-state index contributed by atoms with van der Waals surface area (Å²) in [7, 11) is 0. The zero-order chi connectivity index (χ0) is 26.2. The predicted octanol–water partition coefficient (Wildman–Crippen LogP) is 1.78. The zero-order valence-corrected chi connectivity index (χ0v) is 20.0. The topological polar surface area (TPSA) is 118 Å². The Bertz CT molecular complexity index is 1240. The number of amides is 1. The van der Waals surface area contributed by atoms with Crippen LogP contribution in [0.2, 0.25) is 0 Å². The summed E-state index contributed by atoms with van der Waals surface area (Å²) in [5, 5.41) is 14.3. The van der Waals surface area contributed by atoms with Crippen molar-refractivity contribution in [3.8, 4) is 6.07 Å². The lowest BCUT2D eigenvalue weighted by Gasteiger charge is -2.60. The van der Waals surface area contributed by atoms with Crippen molar-refractivity contribution in [3.63, 3.8) is 0 Å². The summed E-state index contributed by atoms with van der Waals surface area (Å²) in [4.78, 5) is 34.1. The number of aromatic amines is 1. The van der Waals surface area contributed by atoms with Crippen LogP contribution in [0.15, 0.2) is 29.3 Å². The third-order valence-electron chi connectivity index (χ3n) is 7.24. The van der Waals surface area contributed by atoms with Crippen molar-refractivity contribution in [2.24, 2.45) is 5.41 Å². The Kier molecular flexibility index (Phi) is 6.53. The van der Waals surface area contributed by atoms with E-state index in [2.05, 4.69) is 15.0 Å². The highest BCUT2D eigenvalue weighted by Gasteiger charge is 2.53. The molecule has 3 fully saturated rings. The fraction of sp³-hybridized carbons (Fsp3) is 0.542. The molecule has 0 saturated carbocycles. The van der Waals surface area contributed by atoms with Gasteiger partial charge in [-0.1, -0.05) is 0 Å². The summed E-state index contributed by atoms with van der Waals surface area (Å²) < 4.78 is 46.1. The number of pyridine rings is 1. The van der Waals surface area contributed by atoms with Crippen LogP contribution in [0.1, 0.15) is 30.4 Å². The third kappa shape index (κ3) is 4.98. The molecule has 0 unspecified atom stereocenters. The van der Waals surface area contributed by atoms with Gasteiger partial charge in [-0.25, -0.2) is 10.1 Å². The molecule has 13 heteroatoms. The summed E-state index contributed by atoms with van der Waals surface area (Å²) in [6, 6.07) is 5.28. The smallest absolute Gasteiger partial charge is 0.379 e. The first-order valence-electron chi connectivity index (χ1n) is 12.1. The van der Waals surface area contributed by atoms with E-state index in [0.29, 0.717) is 38.0 Å². The number of nitrogens with one attached hydrogen (secondary N) is 1. The van der Waals surface area contributed by atoms with E-state index < -0.39 is 17.3 Å². The lowest BCUT2D eigenvalue weighted by molar-refractivity contribution is -0.146. The average Bonchev–Trinajstić information content (AvgIpc) is 3.28. The number of alkyl halides is 3. The highest BCUT2D eigenvalue weighted by Crippen LogP contribution is 2.41. The van der Waals surface area contributed by atoms with Gasteiger partial charge in [0.25, 0.3) is 5.56 Å². The van der Waals surface area contributed by atoms with E-state index in [0.717, 1.165) is 25.1 Å². The van der Waals surface area contributed by atoms with Gasteiger partial charge in [-0.15, -0.1) is 0 Å². The Morgan fingerprint density at radius 1 is 1.24 bits per heavy atom. The molecule has 37 heavy (non-hydrogen) atoms. The molecule has 1 N–H and O–H groups in total. The third-order valence-corrected chi connectivity index (χ3v) is 7.24. The number of aromatic nitrogens is 3. The molecule has 3 aliphatic rings. The molecule has 2 aromatic rings. The predicted molar refractivity (Wildman–Crippen MR) is 126 cm³/mol. The van der Waals surface area contributed by atoms with Crippen molar-refractivity contribution in [3.05, 3.63) is 46.0 Å². The minimum atomic E-state index is -4.79. The van der Waals surface area contributed by atoms with Crippen molar-refractivity contribution in [1.29, 1.82) is 5.26 Å². The standard InChI is InChI=1S/C24H26F3N7O3/c25-24(26,27)21-18(10-30-31-22(21)36)34-6-1-2-17(34)11-37-7-5-20(35)33-14-23(15-33)12-32(13-23)19-4-3-16(8-28)9-29-19/h3-4,9-10,17H,1-2,5-7,11-15H2,(H,31,36)/t17-/m0/s1. The van der Waals surface area contributed by atoms with Crippen molar-refractivity contribution >= 4 is 17.4 Å². The van der Waals surface area contributed by atoms with Crippen LogP contribution >= 0.6 is 0 Å². The number of carbonyl (C=O) groups excluding carboxylic acids is 1. The van der Waals surface area contributed by atoms with Crippen LogP contribution in [0.5, 0.6) is 0 Å². The highest BCUT2D eigenvalue weighted by atomic mass is 19.4. The highest BCUT2D eigenvalue weighted by molar-refractivity contribution is 5.77. The number of ether oxygens (including phenoxy) is 1. The number of H-pyrrole nitrogens is 1. The SMILES string of the molecule is N#Cc1ccc(N2CC3(CN(C(=O)CCOC[C@@H]4CCCN4c4cn[nH]c(=O)c4C(F)(F)F)C3)C2)nc1. The van der Waals surface area contributed by atoms with E-state index in [1.165, 1.54) is 4.90 Å². The van der Waals surface area contributed by atoms with Gasteiger partial charge in [0.15, 0.2) is 0 Å². The maximum Gasteiger partial charge on any atom is 0.423 e. The molecule has 5 rings (SSSR count). The van der Waals surface area contributed by atoms with Crippen LogP contribution in [0.25, 0.3) is 0 Å². The molecule has 1 amide bonds. The molecule has 0 aliphatic carbocycles. The van der Waals surface area contributed by atoms with Gasteiger partial charge in [0.1, 0.15) is 17.5 Å². The second kappa shape index (κ2) is 9.66. The van der Waals surface area contributed by atoms with Gasteiger partial charge in [0, 0.05) is 44.3 Å². The van der Waals surface area contributed by atoms with Gasteiger partial charge >= 0.3 is 6.18 Å². The van der Waals surface area contributed by atoms with Crippen molar-refractivity contribution in [2.45, 2.75) is 31.5 Å². The molecule has 5 heterocycles. The molecule has 3 aliphatic heterocycles. The first-order chi connectivity index (χ1) is 17.7. The molecule has 1 atom stereocenters. The van der Waals surface area contributed by atoms with Gasteiger partial charge < -0.3 is 19.4 Å². The lowest BCUT2D eigenvalue weighted by atomic mass is 9.72. The van der Waals surface area contributed by atoms with Crippen LogP contribution < -0.4 is 15.4 Å². The van der Waals surface area contributed by atoms with Crippen molar-refractivity contribution in [1.82, 2.24) is 20.1 Å². The van der Waals surface area contributed by atoms with Crippen molar-refractivity contribution in [2.75, 3.05) is 55.7 Å². The summed E-state index contributed by atoms with van der Waals surface area (Å²) in [6.07, 6.45) is -0.724. The molecule has 3 saturated heterocycles. The number of carbonyl (C=O) groups is 1. The van der Waals surface area contributed by atoms with E-state index in [-0.39, 0.29) is 42.7 Å². The number of rotatable bonds is 7. The Morgan fingerprint density at radius 3 is 2.70 bits per heavy atom. The molecule has 1 spiro atoms. The second-order valence-electron chi connectivity index (χ2n) is 9.89. The number of likely N-dealkylation sites (tertiary alicyclic amines) is 1. The quantitative estimate of drug-likeness (QED) is 0.553. The fourth-order valence-electron chi connectivity index (χ4n) is 5.45. The summed E-state index contributed by atoms with van der Waals surface area (Å²) in [6.45, 7) is 3.66. The molecule has 2 aromatic heterocycles. The van der Waals surface area contributed by atoms with E-state index >= 15 is 0 Å². The summed E-state index contributed by atoms with van der Waals surface area (Å²) in [5.74, 6) is 0.809. The van der Waals surface area contributed by atoms with Crippen LogP contribution in [0, 0.1) is 16.7 Å². The minimum Gasteiger partial charge on any atom is -0.379 e. The van der Waals surface area contributed by atoms with Gasteiger partial charge in [-0.2, -0.15) is 23.5 Å². The summed E-state index contributed by atoms with van der Waals surface area (Å²) in [5.41, 5.74) is -2.16. The Balaban J connectivity index is 1.06. The maximum atomic E-state index is 13.5. The van der Waals surface area contributed by atoms with Crippen molar-refractivity contribution < 1.29 is 22.7 Å². The first-order valence-corrected chi connectivity index (χ1v) is 12.1. The van der Waals surface area contributed by atoms with Gasteiger partial charge in [0.05, 0.1) is 43.1 Å². The number of halogens is 3. The number of hydrogen-bond acceptors (Lipinski definition) is 8. The molecular weight excluding hydrogens is 491 g/mol. The molecule has 0 bridgehead atoms. The van der Waals surface area contributed by atoms with Gasteiger partial charge in [-0.3, -0.25) is 9.59 Å². The maximum absolute atomic E-state index is 13.5. The van der Waals surface area contributed by atoms with Gasteiger partial charge in [0.2, 0.25) is 5.91 Å². The molecule has 0 aromatic carbocycles. The van der Waals surface area contributed by atoms with E-state index in [4.69, 9.17) is 10.00 Å². The monoisotopic (exact) mass is 517 g/mol. The zero-order valence-electron chi connectivity index (χ0n) is 20.0. The number of hydrogen-bond donors (Lipinski definition) is 1. The average molecular weight is 518 g/mol. The van der Waals surface area contributed by atoms with Crippen LogP contribution in [0.4, 0.5) is 24.7 Å². The van der Waals surface area contributed by atoms with Gasteiger partial charge in [-0.05, 0) is 25.0 Å². The Hall–Kier alpha value is -3.66. The first kappa shape index (κ1) is 25.0. The van der Waals surface area contributed by atoms with E-state index in [9.17, 15) is 22.8 Å². The van der Waals surface area contributed by atoms with E-state index in [1.54, 1.807) is 17.2 Å². The summed E-state index contributed by atoms with van der Waals surface area (Å²) >= 11 is 0. The minimum absolute atomic E-state index is 0.0120. The number of anilines is 2. The lowest BCUT2D eigenvalue weighted by Crippen LogP contribution is -2.73. The Labute approximate surface area is 210 Å².